The zero-order valence-corrected chi connectivity index (χ0v) is 15.5. The van der Waals surface area contributed by atoms with Gasteiger partial charge < -0.3 is 10.1 Å². The van der Waals surface area contributed by atoms with Gasteiger partial charge in [0.25, 0.3) is 5.91 Å². The van der Waals surface area contributed by atoms with Gasteiger partial charge in [0.05, 0.1) is 28.5 Å². The maximum absolute atomic E-state index is 12.9. The van der Waals surface area contributed by atoms with Gasteiger partial charge in [-0.05, 0) is 16.7 Å². The summed E-state index contributed by atoms with van der Waals surface area (Å²) >= 11 is 0. The number of amides is 1. The average Bonchev–Trinajstić information content (AvgIpc) is 3.29. The molecule has 5 rings (SSSR count). The summed E-state index contributed by atoms with van der Waals surface area (Å²) in [7, 11) is 0. The fourth-order valence-electron chi connectivity index (χ4n) is 4.00. The van der Waals surface area contributed by atoms with Gasteiger partial charge in [-0.1, -0.05) is 91.0 Å². The largest absolute Gasteiger partial charge is 0.494 e. The van der Waals surface area contributed by atoms with Crippen LogP contribution in [-0.2, 0) is 0 Å². The van der Waals surface area contributed by atoms with Crippen LogP contribution in [0.4, 0.5) is 0 Å². The van der Waals surface area contributed by atoms with Crippen molar-refractivity contribution in [2.45, 2.75) is 5.92 Å². The van der Waals surface area contributed by atoms with Crippen LogP contribution in [0.1, 0.15) is 33.0 Å². The predicted octanol–water partition coefficient (Wildman–Crippen LogP) is 5.16. The molecule has 4 heteroatoms. The summed E-state index contributed by atoms with van der Waals surface area (Å²) in [4.78, 5) is 20.3. The second-order valence-electron chi connectivity index (χ2n) is 7.02. The molecule has 0 atom stereocenters. The Hall–Kier alpha value is -3.92. The molecule has 1 aliphatic heterocycles. The molecule has 1 aliphatic rings. The van der Waals surface area contributed by atoms with Crippen molar-refractivity contribution < 1.29 is 9.90 Å². The molecule has 0 unspecified atom stereocenters. The summed E-state index contributed by atoms with van der Waals surface area (Å²) in [5.41, 5.74) is 4.96. The molecule has 0 fully saturated rings. The number of aromatic nitrogens is 1. The van der Waals surface area contributed by atoms with E-state index in [0.717, 1.165) is 16.7 Å². The maximum Gasteiger partial charge on any atom is 0.280 e. The zero-order chi connectivity index (χ0) is 19.8. The van der Waals surface area contributed by atoms with Gasteiger partial charge in [-0.3, -0.25) is 4.79 Å². The first-order valence-corrected chi connectivity index (χ1v) is 9.47. The van der Waals surface area contributed by atoms with Gasteiger partial charge in [0, 0.05) is 0 Å². The number of aromatic amines is 1. The third-order valence-electron chi connectivity index (χ3n) is 5.27. The van der Waals surface area contributed by atoms with Crippen LogP contribution < -0.4 is 0 Å². The van der Waals surface area contributed by atoms with Crippen LogP contribution in [-0.4, -0.2) is 21.7 Å². The van der Waals surface area contributed by atoms with Gasteiger partial charge in [-0.25, -0.2) is 4.99 Å². The van der Waals surface area contributed by atoms with E-state index in [1.54, 1.807) is 0 Å². The number of aromatic hydroxyl groups is 1. The quantitative estimate of drug-likeness (QED) is 0.515. The molecule has 0 saturated heterocycles. The fourth-order valence-corrected chi connectivity index (χ4v) is 4.00. The molecule has 1 aromatic heterocycles. The second-order valence-corrected chi connectivity index (χ2v) is 7.02. The lowest BCUT2D eigenvalue weighted by atomic mass is 9.84. The van der Waals surface area contributed by atoms with Crippen molar-refractivity contribution in [3.63, 3.8) is 0 Å². The molecule has 3 aromatic carbocycles. The van der Waals surface area contributed by atoms with Crippen molar-refractivity contribution in [1.82, 2.24) is 4.98 Å². The first-order chi connectivity index (χ1) is 14.2. The molecule has 4 nitrogen and oxygen atoms in total. The van der Waals surface area contributed by atoms with Gasteiger partial charge in [-0.2, -0.15) is 0 Å². The minimum atomic E-state index is -0.331. The summed E-state index contributed by atoms with van der Waals surface area (Å²) in [6.07, 6.45) is 0. The summed E-state index contributed by atoms with van der Waals surface area (Å²) in [5.74, 6) is -0.615. The Morgan fingerprint density at radius 2 is 1.24 bits per heavy atom. The van der Waals surface area contributed by atoms with Crippen LogP contribution in [0.15, 0.2) is 96.0 Å². The van der Waals surface area contributed by atoms with Crippen molar-refractivity contribution >= 4 is 11.6 Å². The number of benzene rings is 3. The zero-order valence-electron chi connectivity index (χ0n) is 15.5. The molecule has 0 saturated carbocycles. The summed E-state index contributed by atoms with van der Waals surface area (Å²) in [5, 5.41) is 10.8. The van der Waals surface area contributed by atoms with Crippen LogP contribution in [0.3, 0.4) is 0 Å². The lowest BCUT2D eigenvalue weighted by Gasteiger charge is -2.18. The minimum Gasteiger partial charge on any atom is -0.494 e. The Bertz CT molecular complexity index is 1170. The van der Waals surface area contributed by atoms with Crippen LogP contribution in [0.25, 0.3) is 11.3 Å². The van der Waals surface area contributed by atoms with Crippen molar-refractivity contribution in [1.29, 1.82) is 0 Å². The van der Waals surface area contributed by atoms with Crippen molar-refractivity contribution in [2.75, 3.05) is 0 Å². The monoisotopic (exact) mass is 378 g/mol. The molecule has 140 valence electrons. The average molecular weight is 378 g/mol. The Morgan fingerprint density at radius 3 is 1.79 bits per heavy atom. The van der Waals surface area contributed by atoms with Crippen LogP contribution in [0.2, 0.25) is 0 Å². The Balaban J connectivity index is 1.71. The Morgan fingerprint density at radius 1 is 0.724 bits per heavy atom. The van der Waals surface area contributed by atoms with E-state index in [-0.39, 0.29) is 17.7 Å². The number of fused-ring (bicyclic) bond motifs is 1. The highest BCUT2D eigenvalue weighted by atomic mass is 16.3. The SMILES string of the molecule is O=C1N=C(C(c2ccccc2)c2ccccc2)c2c(O)[nH]c(-c3ccccc3)c21. The van der Waals surface area contributed by atoms with E-state index in [0.29, 0.717) is 22.5 Å². The molecular formula is C25H18N2O2. The highest BCUT2D eigenvalue weighted by molar-refractivity contribution is 6.27. The number of rotatable bonds is 4. The van der Waals surface area contributed by atoms with Crippen molar-refractivity contribution in [2.24, 2.45) is 4.99 Å². The minimum absolute atomic E-state index is 0.0275. The van der Waals surface area contributed by atoms with Gasteiger partial charge in [0.1, 0.15) is 0 Å². The fraction of sp³-hybridized carbons (Fsp3) is 0.0400. The van der Waals surface area contributed by atoms with Gasteiger partial charge >= 0.3 is 0 Å². The number of aliphatic imine (C=N–C) groups is 1. The summed E-state index contributed by atoms with van der Waals surface area (Å²) < 4.78 is 0. The number of nitrogens with zero attached hydrogens (tertiary/aromatic N) is 1. The molecule has 29 heavy (non-hydrogen) atoms. The van der Waals surface area contributed by atoms with Crippen LogP contribution >= 0.6 is 0 Å². The Labute approximate surface area is 168 Å². The van der Waals surface area contributed by atoms with Crippen molar-refractivity contribution in [3.8, 4) is 17.1 Å². The third-order valence-corrected chi connectivity index (χ3v) is 5.27. The third kappa shape index (κ3) is 2.86. The number of hydrogen-bond acceptors (Lipinski definition) is 2. The summed E-state index contributed by atoms with van der Waals surface area (Å²) in [6.45, 7) is 0. The molecule has 2 heterocycles. The van der Waals surface area contributed by atoms with Crippen LogP contribution in [0, 0.1) is 0 Å². The highest BCUT2D eigenvalue weighted by Crippen LogP contribution is 2.41. The van der Waals surface area contributed by atoms with E-state index in [2.05, 4.69) is 9.98 Å². The standard InChI is InChI=1S/C25H18N2O2/c28-24-20-21(25(29)26-22(20)18-14-8-3-9-15-18)23(27-24)19(16-10-4-1-5-11-16)17-12-6-2-7-13-17/h1-15,19,26,29H. The van der Waals surface area contributed by atoms with E-state index >= 15 is 0 Å². The van der Waals surface area contributed by atoms with E-state index in [1.165, 1.54) is 0 Å². The number of H-pyrrole nitrogens is 1. The van der Waals surface area contributed by atoms with E-state index in [4.69, 9.17) is 0 Å². The molecule has 1 amide bonds. The number of carbonyl (C=O) groups excluding carboxylic acids is 1. The van der Waals surface area contributed by atoms with Crippen molar-refractivity contribution in [3.05, 3.63) is 113 Å². The maximum atomic E-state index is 12.9. The van der Waals surface area contributed by atoms with Gasteiger partial charge in [0.2, 0.25) is 0 Å². The number of carbonyl (C=O) groups is 1. The first-order valence-electron chi connectivity index (χ1n) is 9.47. The van der Waals surface area contributed by atoms with Gasteiger partial charge in [-0.15, -0.1) is 0 Å². The number of nitrogens with one attached hydrogen (secondary N) is 1. The molecule has 0 radical (unpaired) electrons. The second kappa shape index (κ2) is 6.91. The number of hydrogen-bond donors (Lipinski definition) is 2. The molecular weight excluding hydrogens is 360 g/mol. The van der Waals surface area contributed by atoms with Gasteiger partial charge in [0.15, 0.2) is 5.88 Å². The predicted molar refractivity (Wildman–Crippen MR) is 113 cm³/mol. The van der Waals surface area contributed by atoms with Crippen LogP contribution in [0.5, 0.6) is 5.88 Å². The molecule has 0 spiro atoms. The lowest BCUT2D eigenvalue weighted by Crippen LogP contribution is -2.14. The first kappa shape index (κ1) is 17.2. The van der Waals surface area contributed by atoms with E-state index < -0.39 is 0 Å². The molecule has 0 bridgehead atoms. The topological polar surface area (TPSA) is 65.4 Å². The summed E-state index contributed by atoms with van der Waals surface area (Å²) in [6, 6.07) is 29.4. The van der Waals surface area contributed by atoms with E-state index in [1.807, 2.05) is 91.0 Å². The Kier molecular flexibility index (Phi) is 4.10. The lowest BCUT2D eigenvalue weighted by molar-refractivity contribution is 0.101. The van der Waals surface area contributed by atoms with E-state index in [9.17, 15) is 9.90 Å². The molecule has 0 aliphatic carbocycles. The smallest absolute Gasteiger partial charge is 0.280 e. The molecule has 2 N–H and O–H groups in total. The highest BCUT2D eigenvalue weighted by Gasteiger charge is 2.37. The normalized spacial score (nSPS) is 12.9. The molecule has 4 aromatic rings.